The van der Waals surface area contributed by atoms with Crippen LogP contribution in [0.5, 0.6) is 11.5 Å². The first-order valence-corrected chi connectivity index (χ1v) is 10.1. The number of H-pyrrole nitrogens is 1. The van der Waals surface area contributed by atoms with Crippen molar-refractivity contribution in [2.45, 2.75) is 13.1 Å². The SMILES string of the molecule is COc1cccc(OC)c1C(=O)N(Cc1ccccc1)Cc1nc2ccccc2c(=O)[nH]1. The Kier molecular flexibility index (Phi) is 6.17. The third kappa shape index (κ3) is 4.32. The summed E-state index contributed by atoms with van der Waals surface area (Å²) in [5.74, 6) is 0.922. The van der Waals surface area contributed by atoms with Crippen molar-refractivity contribution in [1.29, 1.82) is 0 Å². The lowest BCUT2D eigenvalue weighted by Crippen LogP contribution is -2.32. The third-order valence-corrected chi connectivity index (χ3v) is 5.15. The summed E-state index contributed by atoms with van der Waals surface area (Å²) < 4.78 is 10.9. The van der Waals surface area contributed by atoms with Crippen LogP contribution in [0.4, 0.5) is 0 Å². The van der Waals surface area contributed by atoms with E-state index in [1.54, 1.807) is 41.3 Å². The van der Waals surface area contributed by atoms with Crippen LogP contribution in [0, 0.1) is 0 Å². The first kappa shape index (κ1) is 21.1. The van der Waals surface area contributed by atoms with Gasteiger partial charge in [0.15, 0.2) is 0 Å². The zero-order valence-electron chi connectivity index (χ0n) is 17.9. The number of methoxy groups -OCH3 is 2. The number of fused-ring (bicyclic) bond motifs is 1. The second-order valence-corrected chi connectivity index (χ2v) is 7.21. The van der Waals surface area contributed by atoms with E-state index in [9.17, 15) is 9.59 Å². The predicted molar refractivity (Wildman–Crippen MR) is 122 cm³/mol. The predicted octanol–water partition coefficient (Wildman–Crippen LogP) is 3.78. The summed E-state index contributed by atoms with van der Waals surface area (Å²) in [5, 5.41) is 0.503. The van der Waals surface area contributed by atoms with Crippen molar-refractivity contribution in [3.05, 3.63) is 100 Å². The third-order valence-electron chi connectivity index (χ3n) is 5.15. The molecule has 7 heteroatoms. The van der Waals surface area contributed by atoms with Crippen LogP contribution in [0.2, 0.25) is 0 Å². The number of hydrogen-bond acceptors (Lipinski definition) is 5. The summed E-state index contributed by atoms with van der Waals surface area (Å²) in [6, 6.07) is 21.9. The lowest BCUT2D eigenvalue weighted by atomic mass is 10.1. The smallest absolute Gasteiger partial charge is 0.262 e. The molecule has 4 aromatic rings. The summed E-state index contributed by atoms with van der Waals surface area (Å²) >= 11 is 0. The average molecular weight is 429 g/mol. The zero-order valence-corrected chi connectivity index (χ0v) is 17.9. The topological polar surface area (TPSA) is 84.5 Å². The Labute approximate surface area is 185 Å². The molecule has 0 saturated heterocycles. The molecule has 0 aliphatic carbocycles. The van der Waals surface area contributed by atoms with Gasteiger partial charge in [-0.1, -0.05) is 48.5 Å². The van der Waals surface area contributed by atoms with Crippen LogP contribution < -0.4 is 15.0 Å². The highest BCUT2D eigenvalue weighted by molar-refractivity contribution is 5.99. The number of carbonyl (C=O) groups is 1. The highest BCUT2D eigenvalue weighted by atomic mass is 16.5. The molecule has 32 heavy (non-hydrogen) atoms. The van der Waals surface area contributed by atoms with Gasteiger partial charge in [-0.05, 0) is 29.8 Å². The van der Waals surface area contributed by atoms with E-state index in [4.69, 9.17) is 9.47 Å². The Morgan fingerprint density at radius 2 is 1.53 bits per heavy atom. The van der Waals surface area contributed by atoms with Crippen LogP contribution >= 0.6 is 0 Å². The minimum Gasteiger partial charge on any atom is -0.496 e. The number of carbonyl (C=O) groups excluding carboxylic acids is 1. The number of aromatic nitrogens is 2. The molecule has 1 aromatic heterocycles. The molecule has 0 radical (unpaired) electrons. The molecule has 1 heterocycles. The van der Waals surface area contributed by atoms with Gasteiger partial charge in [0.05, 0.1) is 31.7 Å². The second-order valence-electron chi connectivity index (χ2n) is 7.21. The second kappa shape index (κ2) is 9.34. The van der Waals surface area contributed by atoms with E-state index in [0.29, 0.717) is 40.3 Å². The first-order chi connectivity index (χ1) is 15.6. The summed E-state index contributed by atoms with van der Waals surface area (Å²) in [4.78, 5) is 35.2. The Morgan fingerprint density at radius 1 is 0.875 bits per heavy atom. The molecule has 162 valence electrons. The fourth-order valence-electron chi connectivity index (χ4n) is 3.61. The lowest BCUT2D eigenvalue weighted by molar-refractivity contribution is 0.0718. The molecule has 0 fully saturated rings. The van der Waals surface area contributed by atoms with Crippen LogP contribution in [0.15, 0.2) is 77.6 Å². The molecule has 0 aliphatic rings. The molecular formula is C25H23N3O4. The number of rotatable bonds is 7. The Morgan fingerprint density at radius 3 is 2.22 bits per heavy atom. The fourth-order valence-corrected chi connectivity index (χ4v) is 3.61. The molecule has 0 saturated carbocycles. The average Bonchev–Trinajstić information content (AvgIpc) is 2.83. The van der Waals surface area contributed by atoms with E-state index in [2.05, 4.69) is 9.97 Å². The summed E-state index contributed by atoms with van der Waals surface area (Å²) in [5.41, 5.74) is 1.59. The Balaban J connectivity index is 1.76. The highest BCUT2D eigenvalue weighted by Crippen LogP contribution is 2.30. The van der Waals surface area contributed by atoms with Crippen LogP contribution in [0.3, 0.4) is 0 Å². The minimum absolute atomic E-state index is 0.106. The molecule has 0 aliphatic heterocycles. The highest BCUT2D eigenvalue weighted by Gasteiger charge is 2.25. The molecule has 0 atom stereocenters. The van der Waals surface area contributed by atoms with E-state index in [-0.39, 0.29) is 18.0 Å². The van der Waals surface area contributed by atoms with Gasteiger partial charge in [0, 0.05) is 6.54 Å². The molecule has 7 nitrogen and oxygen atoms in total. The minimum atomic E-state index is -0.293. The Hall–Kier alpha value is -4.13. The van der Waals surface area contributed by atoms with E-state index in [1.165, 1.54) is 14.2 Å². The quantitative estimate of drug-likeness (QED) is 0.483. The molecule has 0 spiro atoms. The fraction of sp³-hybridized carbons (Fsp3) is 0.160. The molecule has 1 N–H and O–H groups in total. The number of ether oxygens (including phenoxy) is 2. The van der Waals surface area contributed by atoms with Crippen molar-refractivity contribution in [2.75, 3.05) is 14.2 Å². The summed E-state index contributed by atoms with van der Waals surface area (Å²) in [6.07, 6.45) is 0. The van der Waals surface area contributed by atoms with E-state index < -0.39 is 0 Å². The number of benzene rings is 3. The maximum absolute atomic E-state index is 13.7. The normalized spacial score (nSPS) is 10.7. The maximum atomic E-state index is 13.7. The standard InChI is InChI=1S/C25H23N3O4/c1-31-20-13-8-14-21(32-2)23(20)25(30)28(15-17-9-4-3-5-10-17)16-22-26-19-12-7-6-11-18(19)24(29)27-22/h3-14H,15-16H2,1-2H3,(H,26,27,29). The van der Waals surface area contributed by atoms with Crippen LogP contribution in [0.1, 0.15) is 21.7 Å². The van der Waals surface area contributed by atoms with Crippen molar-refractivity contribution < 1.29 is 14.3 Å². The number of nitrogens with zero attached hydrogens (tertiary/aromatic N) is 2. The van der Waals surface area contributed by atoms with E-state index in [1.807, 2.05) is 36.4 Å². The maximum Gasteiger partial charge on any atom is 0.262 e. The van der Waals surface area contributed by atoms with Gasteiger partial charge in [-0.15, -0.1) is 0 Å². The van der Waals surface area contributed by atoms with Crippen molar-refractivity contribution in [3.8, 4) is 11.5 Å². The largest absolute Gasteiger partial charge is 0.496 e. The monoisotopic (exact) mass is 429 g/mol. The van der Waals surface area contributed by atoms with Crippen LogP contribution in [-0.4, -0.2) is 35.0 Å². The molecule has 0 bridgehead atoms. The number of nitrogens with one attached hydrogen (secondary N) is 1. The van der Waals surface area contributed by atoms with Gasteiger partial charge in [0.25, 0.3) is 11.5 Å². The zero-order chi connectivity index (χ0) is 22.5. The summed E-state index contributed by atoms with van der Waals surface area (Å²) in [7, 11) is 3.02. The van der Waals surface area contributed by atoms with Gasteiger partial charge in [-0.2, -0.15) is 0 Å². The molecule has 0 unspecified atom stereocenters. The number of aromatic amines is 1. The molecule has 3 aromatic carbocycles. The van der Waals surface area contributed by atoms with Crippen molar-refractivity contribution in [3.63, 3.8) is 0 Å². The molecular weight excluding hydrogens is 406 g/mol. The number of hydrogen-bond donors (Lipinski definition) is 1. The van der Waals surface area contributed by atoms with Gasteiger partial charge < -0.3 is 19.4 Å². The van der Waals surface area contributed by atoms with Gasteiger partial charge >= 0.3 is 0 Å². The van der Waals surface area contributed by atoms with Crippen LogP contribution in [0.25, 0.3) is 10.9 Å². The van der Waals surface area contributed by atoms with E-state index in [0.717, 1.165) is 5.56 Å². The van der Waals surface area contributed by atoms with Crippen molar-refractivity contribution in [2.24, 2.45) is 0 Å². The van der Waals surface area contributed by atoms with Crippen molar-refractivity contribution >= 4 is 16.8 Å². The van der Waals surface area contributed by atoms with Crippen LogP contribution in [-0.2, 0) is 13.1 Å². The van der Waals surface area contributed by atoms with E-state index >= 15 is 0 Å². The van der Waals surface area contributed by atoms with Gasteiger partial charge in [0.2, 0.25) is 0 Å². The van der Waals surface area contributed by atoms with Crippen molar-refractivity contribution in [1.82, 2.24) is 14.9 Å². The summed E-state index contributed by atoms with van der Waals surface area (Å²) in [6.45, 7) is 0.423. The number of para-hydroxylation sites is 1. The lowest BCUT2D eigenvalue weighted by Gasteiger charge is -2.24. The van der Waals surface area contributed by atoms with Gasteiger partial charge in [-0.25, -0.2) is 4.98 Å². The van der Waals surface area contributed by atoms with Gasteiger partial charge in [0.1, 0.15) is 22.9 Å². The van der Waals surface area contributed by atoms with Gasteiger partial charge in [-0.3, -0.25) is 9.59 Å². The Bertz CT molecular complexity index is 1280. The first-order valence-electron chi connectivity index (χ1n) is 10.1. The number of amides is 1. The molecule has 4 rings (SSSR count). The molecule has 1 amide bonds.